The highest BCUT2D eigenvalue weighted by molar-refractivity contribution is 5.84. The summed E-state index contributed by atoms with van der Waals surface area (Å²) in [6, 6.07) is 19.2. The maximum absolute atomic E-state index is 11.5. The lowest BCUT2D eigenvalue weighted by Gasteiger charge is -2.48. The number of benzene rings is 2. The van der Waals surface area contributed by atoms with Gasteiger partial charge in [-0.25, -0.2) is 0 Å². The van der Waals surface area contributed by atoms with E-state index in [1.165, 1.54) is 33.9 Å². The van der Waals surface area contributed by atoms with Gasteiger partial charge < -0.3 is 10.0 Å². The van der Waals surface area contributed by atoms with Crippen LogP contribution in [0.15, 0.2) is 73.1 Å². The fraction of sp³-hybridized carbons (Fsp3) is 0.414. The normalized spacial score (nSPS) is 24.8. The monoisotopic (exact) mass is 426 g/mol. The second kappa shape index (κ2) is 9.17. The van der Waals surface area contributed by atoms with Gasteiger partial charge in [0.2, 0.25) is 0 Å². The van der Waals surface area contributed by atoms with Gasteiger partial charge >= 0.3 is 0 Å². The van der Waals surface area contributed by atoms with Crippen LogP contribution >= 0.6 is 0 Å². The van der Waals surface area contributed by atoms with Crippen LogP contribution in [0.3, 0.4) is 0 Å². The molecule has 166 valence electrons. The minimum Gasteiger partial charge on any atom is -0.389 e. The van der Waals surface area contributed by atoms with Crippen molar-refractivity contribution in [2.24, 2.45) is 11.8 Å². The average Bonchev–Trinajstić information content (AvgIpc) is 2.84. The Bertz CT molecular complexity index is 1090. The Balaban J connectivity index is 1.15. The zero-order valence-corrected chi connectivity index (χ0v) is 19.1. The minimum absolute atomic E-state index is 0.290. The summed E-state index contributed by atoms with van der Waals surface area (Å²) in [6.07, 6.45) is 12.6. The van der Waals surface area contributed by atoms with Crippen molar-refractivity contribution < 1.29 is 5.11 Å². The van der Waals surface area contributed by atoms with E-state index in [1.54, 1.807) is 0 Å². The van der Waals surface area contributed by atoms with E-state index in [4.69, 9.17) is 0 Å². The van der Waals surface area contributed by atoms with Crippen LogP contribution in [0.2, 0.25) is 0 Å². The average molecular weight is 427 g/mol. The Labute approximate surface area is 191 Å². The molecule has 0 spiro atoms. The van der Waals surface area contributed by atoms with Crippen LogP contribution in [0.1, 0.15) is 43.2 Å². The Kier molecular flexibility index (Phi) is 6.12. The molecule has 3 aromatic rings. The molecule has 1 fully saturated rings. The molecule has 1 aromatic heterocycles. The van der Waals surface area contributed by atoms with Gasteiger partial charge in [-0.2, -0.15) is 0 Å². The molecule has 3 heteroatoms. The smallest absolute Gasteiger partial charge is 0.0728 e. The molecule has 6 rings (SSSR count). The molecule has 0 saturated heterocycles. The van der Waals surface area contributed by atoms with Crippen LogP contribution in [-0.4, -0.2) is 40.7 Å². The van der Waals surface area contributed by atoms with Gasteiger partial charge in [0.25, 0.3) is 0 Å². The number of hydrogen-bond acceptors (Lipinski definition) is 3. The largest absolute Gasteiger partial charge is 0.389 e. The zero-order chi connectivity index (χ0) is 22.0. The van der Waals surface area contributed by atoms with Gasteiger partial charge in [0.15, 0.2) is 0 Å². The highest BCUT2D eigenvalue weighted by Gasteiger charge is 2.46. The summed E-state index contributed by atoms with van der Waals surface area (Å²) >= 11 is 0. The number of aromatic nitrogens is 1. The number of pyridine rings is 1. The Hall–Kier alpha value is -2.49. The summed E-state index contributed by atoms with van der Waals surface area (Å²) in [6.45, 7) is 1.99. The van der Waals surface area contributed by atoms with Gasteiger partial charge in [-0.15, -0.1) is 0 Å². The first-order valence-corrected chi connectivity index (χ1v) is 12.1. The van der Waals surface area contributed by atoms with Crippen LogP contribution < -0.4 is 0 Å². The Morgan fingerprint density at radius 2 is 1.81 bits per heavy atom. The van der Waals surface area contributed by atoms with Crippen molar-refractivity contribution >= 4 is 16.3 Å². The third-order valence-electron chi connectivity index (χ3n) is 7.71. The van der Waals surface area contributed by atoms with E-state index in [2.05, 4.69) is 77.6 Å². The first kappa shape index (κ1) is 21.4. The third kappa shape index (κ3) is 4.37. The van der Waals surface area contributed by atoms with E-state index < -0.39 is 5.60 Å². The van der Waals surface area contributed by atoms with Crippen molar-refractivity contribution in [2.45, 2.75) is 44.1 Å². The molecule has 2 aromatic carbocycles. The molecule has 1 heterocycles. The quantitative estimate of drug-likeness (QED) is 0.499. The highest BCUT2D eigenvalue weighted by Crippen LogP contribution is 2.51. The van der Waals surface area contributed by atoms with E-state index in [1.807, 2.05) is 12.4 Å². The van der Waals surface area contributed by atoms with Gasteiger partial charge in [0.1, 0.15) is 0 Å². The molecule has 1 N–H and O–H groups in total. The SMILES string of the molecule is CN(CCCc1cncc2ccccc12)CC[C@]1(O)C[C@H]2CC[C@@H]1C=C2c1ccccc1. The van der Waals surface area contributed by atoms with Crippen molar-refractivity contribution in [2.75, 3.05) is 20.1 Å². The predicted octanol–water partition coefficient (Wildman–Crippen LogP) is 5.73. The molecule has 3 atom stereocenters. The summed E-state index contributed by atoms with van der Waals surface area (Å²) in [4.78, 5) is 6.80. The Morgan fingerprint density at radius 3 is 2.62 bits per heavy atom. The molecule has 0 radical (unpaired) electrons. The third-order valence-corrected chi connectivity index (χ3v) is 7.71. The molecule has 1 saturated carbocycles. The first-order chi connectivity index (χ1) is 15.6. The van der Waals surface area contributed by atoms with Gasteiger partial charge in [-0.05, 0) is 80.1 Å². The first-order valence-electron chi connectivity index (χ1n) is 12.1. The number of rotatable bonds is 8. The molecule has 0 amide bonds. The number of aliphatic hydroxyl groups is 1. The fourth-order valence-electron chi connectivity index (χ4n) is 5.85. The Morgan fingerprint density at radius 1 is 1.00 bits per heavy atom. The number of fused-ring (bicyclic) bond motifs is 3. The molecule has 2 bridgehead atoms. The number of hydrogen-bond donors (Lipinski definition) is 1. The van der Waals surface area contributed by atoms with E-state index in [0.717, 1.165) is 45.2 Å². The van der Waals surface area contributed by atoms with Gasteiger partial charge in [-0.3, -0.25) is 4.98 Å². The lowest BCUT2D eigenvalue weighted by atomic mass is 9.61. The van der Waals surface area contributed by atoms with Gasteiger partial charge in [0.05, 0.1) is 5.60 Å². The van der Waals surface area contributed by atoms with Crippen molar-refractivity contribution in [1.82, 2.24) is 9.88 Å². The second-order valence-corrected chi connectivity index (χ2v) is 9.85. The highest BCUT2D eigenvalue weighted by atomic mass is 16.3. The summed E-state index contributed by atoms with van der Waals surface area (Å²) in [7, 11) is 2.19. The lowest BCUT2D eigenvalue weighted by molar-refractivity contribution is -0.0574. The molecule has 32 heavy (non-hydrogen) atoms. The van der Waals surface area contributed by atoms with Crippen LogP contribution in [0.25, 0.3) is 16.3 Å². The van der Waals surface area contributed by atoms with Crippen LogP contribution in [0, 0.1) is 11.8 Å². The fourth-order valence-corrected chi connectivity index (χ4v) is 5.85. The van der Waals surface area contributed by atoms with Crippen LogP contribution in [-0.2, 0) is 6.42 Å². The number of allylic oxidation sites excluding steroid dienone is 1. The van der Waals surface area contributed by atoms with E-state index in [0.29, 0.717) is 5.92 Å². The van der Waals surface area contributed by atoms with E-state index in [-0.39, 0.29) is 5.92 Å². The van der Waals surface area contributed by atoms with Crippen LogP contribution in [0.4, 0.5) is 0 Å². The molecule has 3 aliphatic carbocycles. The van der Waals surface area contributed by atoms with E-state index >= 15 is 0 Å². The van der Waals surface area contributed by atoms with Gasteiger partial charge in [0, 0.05) is 30.2 Å². The predicted molar refractivity (Wildman–Crippen MR) is 132 cm³/mol. The molecular weight excluding hydrogens is 392 g/mol. The summed E-state index contributed by atoms with van der Waals surface area (Å²) < 4.78 is 0. The van der Waals surface area contributed by atoms with Gasteiger partial charge in [-0.1, -0.05) is 60.7 Å². The lowest BCUT2D eigenvalue weighted by Crippen LogP contribution is -2.48. The minimum atomic E-state index is -0.547. The standard InChI is InChI=1S/C29H34N2O/c1-31(16-7-11-25-21-30-20-24-10-5-6-12-27(24)25)17-15-29(32)19-23-13-14-26(29)18-28(23)22-8-3-2-4-9-22/h2-6,8-10,12,18,20-21,23,26,32H,7,11,13-17,19H2,1H3/t23-,26-,29+/m1/s1. The second-order valence-electron chi connectivity index (χ2n) is 9.85. The van der Waals surface area contributed by atoms with Crippen molar-refractivity contribution in [3.05, 3.63) is 84.2 Å². The zero-order valence-electron chi connectivity index (χ0n) is 19.1. The van der Waals surface area contributed by atoms with Crippen LogP contribution in [0.5, 0.6) is 0 Å². The van der Waals surface area contributed by atoms with Crippen molar-refractivity contribution in [1.29, 1.82) is 0 Å². The topological polar surface area (TPSA) is 36.4 Å². The summed E-state index contributed by atoms with van der Waals surface area (Å²) in [5.41, 5.74) is 3.58. The molecular formula is C29H34N2O. The molecule has 3 aliphatic rings. The molecule has 0 aliphatic heterocycles. The molecule has 3 nitrogen and oxygen atoms in total. The maximum Gasteiger partial charge on any atom is 0.0728 e. The van der Waals surface area contributed by atoms with Crippen molar-refractivity contribution in [3.63, 3.8) is 0 Å². The van der Waals surface area contributed by atoms with Crippen molar-refractivity contribution in [3.8, 4) is 0 Å². The summed E-state index contributed by atoms with van der Waals surface area (Å²) in [5, 5.41) is 14.1. The summed E-state index contributed by atoms with van der Waals surface area (Å²) in [5.74, 6) is 0.787. The number of nitrogens with zero attached hydrogens (tertiary/aromatic N) is 2. The molecule has 0 unspecified atom stereocenters. The van der Waals surface area contributed by atoms with E-state index in [9.17, 15) is 5.11 Å². The maximum atomic E-state index is 11.5. The number of aryl methyl sites for hydroxylation is 1.